The number of allylic oxidation sites excluding steroid dienone is 5. The number of unbranched alkanes of at least 4 members (excludes halogenated alkanes) is 36. The fraction of sp³-hybridized carbons (Fsp3) is 0.879. The smallest absolute Gasteiger partial charge is 0.268 e. The summed E-state index contributed by atoms with van der Waals surface area (Å²) in [5.41, 5.74) is 0. The number of phosphoric ester groups is 1. The van der Waals surface area contributed by atoms with Crippen LogP contribution >= 0.6 is 7.82 Å². The number of aliphatic hydroxyl groups is 1. The van der Waals surface area contributed by atoms with Gasteiger partial charge in [0.05, 0.1) is 39.9 Å². The van der Waals surface area contributed by atoms with E-state index < -0.39 is 20.0 Å². The topological polar surface area (TPSA) is 108 Å². The van der Waals surface area contributed by atoms with E-state index in [2.05, 4.69) is 43.5 Å². The molecule has 8 nitrogen and oxygen atoms in total. The third kappa shape index (κ3) is 52.4. The molecule has 396 valence electrons. The number of aliphatic hydroxyl groups excluding tert-OH is 1. The van der Waals surface area contributed by atoms with Crippen molar-refractivity contribution in [1.29, 1.82) is 0 Å². The summed E-state index contributed by atoms with van der Waals surface area (Å²) in [6.07, 6.45) is 63.8. The Bertz CT molecular complexity index is 1190. The van der Waals surface area contributed by atoms with E-state index >= 15 is 0 Å². The molecule has 3 atom stereocenters. The molecular formula is C58H113N2O6P. The van der Waals surface area contributed by atoms with E-state index in [1.54, 1.807) is 6.08 Å². The highest BCUT2D eigenvalue weighted by Crippen LogP contribution is 2.38. The van der Waals surface area contributed by atoms with Crippen LogP contribution in [0.5, 0.6) is 0 Å². The lowest BCUT2D eigenvalue weighted by atomic mass is 10.0. The maximum atomic E-state index is 12.9. The Morgan fingerprint density at radius 2 is 0.836 bits per heavy atom. The number of nitrogens with one attached hydrogen (secondary N) is 1. The van der Waals surface area contributed by atoms with Crippen LogP contribution in [0.1, 0.15) is 277 Å². The summed E-state index contributed by atoms with van der Waals surface area (Å²) in [5, 5.41) is 13.8. The summed E-state index contributed by atoms with van der Waals surface area (Å²) >= 11 is 0. The van der Waals surface area contributed by atoms with Crippen LogP contribution in [0.15, 0.2) is 36.5 Å². The number of likely N-dealkylation sites (N-methyl/N-ethyl adjacent to an activating group) is 1. The molecule has 0 radical (unpaired) electrons. The Morgan fingerprint density at radius 3 is 1.21 bits per heavy atom. The maximum absolute atomic E-state index is 12.9. The molecule has 0 aromatic heterocycles. The molecule has 2 N–H and O–H groups in total. The number of hydrogen-bond acceptors (Lipinski definition) is 6. The minimum Gasteiger partial charge on any atom is -0.756 e. The standard InChI is InChI=1S/C58H113N2O6P/c1-6-8-10-12-14-16-18-20-22-23-24-25-26-27-28-29-30-31-32-33-34-35-36-37-38-40-42-44-46-48-50-52-58(62)59-56(55-66-67(63,64)65-54-53-60(3,4)5)57(61)51-49-47-45-43-41-39-21-19-17-15-13-11-9-7-2/h23-24,41,43,49,51,56-57,61H,6-22,25-40,42,44-48,50,52-55H2,1-5H3,(H-,59,62,63,64)/b24-23-,43-41+,51-49+. The molecule has 0 fully saturated rings. The Kier molecular flexibility index (Phi) is 48.7. The van der Waals surface area contributed by atoms with Gasteiger partial charge in [-0.15, -0.1) is 0 Å². The van der Waals surface area contributed by atoms with Gasteiger partial charge in [-0.05, 0) is 57.8 Å². The number of rotatable bonds is 53. The molecule has 3 unspecified atom stereocenters. The Morgan fingerprint density at radius 1 is 0.507 bits per heavy atom. The summed E-state index contributed by atoms with van der Waals surface area (Å²) < 4.78 is 23.3. The van der Waals surface area contributed by atoms with Crippen LogP contribution in [0.3, 0.4) is 0 Å². The third-order valence-corrected chi connectivity index (χ3v) is 14.0. The van der Waals surface area contributed by atoms with Gasteiger partial charge in [-0.2, -0.15) is 0 Å². The zero-order chi connectivity index (χ0) is 49.2. The number of carbonyl (C=O) groups is 1. The first-order valence-electron chi connectivity index (χ1n) is 28.9. The van der Waals surface area contributed by atoms with Gasteiger partial charge >= 0.3 is 0 Å². The molecule has 0 saturated heterocycles. The molecule has 9 heteroatoms. The molecule has 0 rings (SSSR count). The molecule has 0 aliphatic carbocycles. The fourth-order valence-electron chi connectivity index (χ4n) is 8.52. The lowest BCUT2D eigenvalue weighted by Gasteiger charge is -2.29. The molecule has 0 spiro atoms. The highest BCUT2D eigenvalue weighted by atomic mass is 31.2. The van der Waals surface area contributed by atoms with Crippen LogP contribution in [0.4, 0.5) is 0 Å². The maximum Gasteiger partial charge on any atom is 0.268 e. The first-order valence-corrected chi connectivity index (χ1v) is 30.3. The number of carbonyl (C=O) groups excluding carboxylic acids is 1. The quantitative estimate of drug-likeness (QED) is 0.0272. The normalized spacial score (nSPS) is 14.2. The van der Waals surface area contributed by atoms with Crippen molar-refractivity contribution in [1.82, 2.24) is 5.32 Å². The van der Waals surface area contributed by atoms with Gasteiger partial charge in [-0.25, -0.2) is 0 Å². The van der Waals surface area contributed by atoms with Gasteiger partial charge < -0.3 is 28.8 Å². The molecule has 0 aliphatic rings. The first-order chi connectivity index (χ1) is 32.5. The number of nitrogens with zero attached hydrogens (tertiary/aromatic N) is 1. The predicted molar refractivity (Wildman–Crippen MR) is 288 cm³/mol. The van der Waals surface area contributed by atoms with Gasteiger partial charge in [-0.3, -0.25) is 9.36 Å². The minimum absolute atomic E-state index is 0.00502. The van der Waals surface area contributed by atoms with Crippen molar-refractivity contribution in [3.05, 3.63) is 36.5 Å². The van der Waals surface area contributed by atoms with Crippen molar-refractivity contribution in [2.75, 3.05) is 40.9 Å². The van der Waals surface area contributed by atoms with Crippen LogP contribution in [-0.4, -0.2) is 68.5 Å². The monoisotopic (exact) mass is 965 g/mol. The molecular weight excluding hydrogens is 852 g/mol. The summed E-state index contributed by atoms with van der Waals surface area (Å²) in [6, 6.07) is -0.901. The number of quaternary nitrogens is 1. The first kappa shape index (κ1) is 65.7. The molecule has 0 bridgehead atoms. The van der Waals surface area contributed by atoms with Crippen LogP contribution in [0, 0.1) is 0 Å². The molecule has 0 aliphatic heterocycles. The predicted octanol–water partition coefficient (Wildman–Crippen LogP) is 16.7. The van der Waals surface area contributed by atoms with Gasteiger partial charge in [0.15, 0.2) is 0 Å². The highest BCUT2D eigenvalue weighted by molar-refractivity contribution is 7.45. The third-order valence-electron chi connectivity index (χ3n) is 13.1. The lowest BCUT2D eigenvalue weighted by molar-refractivity contribution is -0.870. The van der Waals surface area contributed by atoms with Crippen LogP contribution in [-0.2, 0) is 18.4 Å². The molecule has 67 heavy (non-hydrogen) atoms. The molecule has 1 amide bonds. The van der Waals surface area contributed by atoms with Gasteiger partial charge in [0.25, 0.3) is 7.82 Å². The van der Waals surface area contributed by atoms with Crippen molar-refractivity contribution in [3.63, 3.8) is 0 Å². The summed E-state index contributed by atoms with van der Waals surface area (Å²) in [6.45, 7) is 4.64. The second-order valence-corrected chi connectivity index (χ2v) is 22.4. The van der Waals surface area contributed by atoms with Crippen LogP contribution < -0.4 is 10.2 Å². The Hall–Kier alpha value is -1.28. The van der Waals surface area contributed by atoms with Crippen molar-refractivity contribution in [2.45, 2.75) is 289 Å². The molecule has 0 aromatic carbocycles. The van der Waals surface area contributed by atoms with Crippen molar-refractivity contribution < 1.29 is 32.9 Å². The van der Waals surface area contributed by atoms with E-state index in [-0.39, 0.29) is 19.1 Å². The largest absolute Gasteiger partial charge is 0.756 e. The number of phosphoric acid groups is 1. The minimum atomic E-state index is -4.60. The average Bonchev–Trinajstić information content (AvgIpc) is 3.29. The summed E-state index contributed by atoms with van der Waals surface area (Å²) in [7, 11) is 1.25. The van der Waals surface area contributed by atoms with Crippen LogP contribution in [0.2, 0.25) is 0 Å². The molecule has 0 heterocycles. The molecule has 0 saturated carbocycles. The van der Waals surface area contributed by atoms with Gasteiger partial charge in [0.2, 0.25) is 5.91 Å². The fourth-order valence-corrected chi connectivity index (χ4v) is 9.24. The zero-order valence-corrected chi connectivity index (χ0v) is 46.0. The van der Waals surface area contributed by atoms with Gasteiger partial charge in [0, 0.05) is 6.42 Å². The van der Waals surface area contributed by atoms with Crippen molar-refractivity contribution in [3.8, 4) is 0 Å². The second-order valence-electron chi connectivity index (χ2n) is 21.0. The van der Waals surface area contributed by atoms with Crippen molar-refractivity contribution in [2.24, 2.45) is 0 Å². The Labute approximate surface area is 417 Å². The second kappa shape index (κ2) is 49.7. The zero-order valence-electron chi connectivity index (χ0n) is 45.1. The summed E-state index contributed by atoms with van der Waals surface area (Å²) in [5.74, 6) is -0.204. The van der Waals surface area contributed by atoms with E-state index in [0.29, 0.717) is 17.4 Å². The Balaban J connectivity index is 4.06. The van der Waals surface area contributed by atoms with E-state index in [9.17, 15) is 19.4 Å². The lowest BCUT2D eigenvalue weighted by Crippen LogP contribution is -2.45. The van der Waals surface area contributed by atoms with E-state index in [1.165, 1.54) is 218 Å². The van der Waals surface area contributed by atoms with Gasteiger partial charge in [0.1, 0.15) is 13.2 Å². The number of amides is 1. The van der Waals surface area contributed by atoms with Crippen LogP contribution in [0.25, 0.3) is 0 Å². The summed E-state index contributed by atoms with van der Waals surface area (Å²) in [4.78, 5) is 25.4. The molecule has 0 aromatic rings. The van der Waals surface area contributed by atoms with E-state index in [4.69, 9.17) is 9.05 Å². The van der Waals surface area contributed by atoms with E-state index in [0.717, 1.165) is 38.5 Å². The SMILES string of the molecule is CCCCCCCCCC/C=C\CCCCCCCCCCCCCCCCCCCCCC(=O)NC(COP(=O)([O-])OCC[N+](C)(C)C)C(O)/C=C/CC/C=C/CCCCCCCCCC. The average molecular weight is 966 g/mol. The highest BCUT2D eigenvalue weighted by Gasteiger charge is 2.23. The van der Waals surface area contributed by atoms with Crippen molar-refractivity contribution >= 4 is 13.7 Å². The van der Waals surface area contributed by atoms with Gasteiger partial charge in [-0.1, -0.05) is 249 Å². The number of hydrogen-bond donors (Lipinski definition) is 2. The van der Waals surface area contributed by atoms with E-state index in [1.807, 2.05) is 27.2 Å².